The summed E-state index contributed by atoms with van der Waals surface area (Å²) in [6.07, 6.45) is 6.39. The van der Waals surface area contributed by atoms with Crippen molar-refractivity contribution in [3.63, 3.8) is 0 Å². The Labute approximate surface area is 146 Å². The van der Waals surface area contributed by atoms with Crippen molar-refractivity contribution in [3.05, 3.63) is 59.9 Å². The molecule has 2 aromatic heterocycles. The van der Waals surface area contributed by atoms with E-state index in [9.17, 15) is 4.79 Å². The van der Waals surface area contributed by atoms with Crippen LogP contribution < -0.4 is 0 Å². The van der Waals surface area contributed by atoms with Crippen LogP contribution in [0.1, 0.15) is 34.7 Å². The zero-order valence-corrected chi connectivity index (χ0v) is 14.3. The number of nitrogens with zero attached hydrogens (tertiary/aromatic N) is 3. The van der Waals surface area contributed by atoms with Crippen LogP contribution in [-0.4, -0.2) is 33.9 Å². The number of carbonyl (C=O) groups is 1. The number of aromatic nitrogens is 2. The van der Waals surface area contributed by atoms with Gasteiger partial charge in [-0.2, -0.15) is 0 Å². The first-order valence-corrected chi connectivity index (χ1v) is 8.74. The Morgan fingerprint density at radius 1 is 1.32 bits per heavy atom. The number of aryl methyl sites for hydroxylation is 1. The Kier molecular flexibility index (Phi) is 4.22. The second-order valence-electron chi connectivity index (χ2n) is 6.77. The lowest BCUT2D eigenvalue weighted by atomic mass is 9.91. The predicted octanol–water partition coefficient (Wildman–Crippen LogP) is 3.63. The molecule has 0 radical (unpaired) electrons. The molecular weight excluding hydrogens is 314 g/mol. The third-order valence-electron chi connectivity index (χ3n) is 4.92. The monoisotopic (exact) mass is 335 g/mol. The van der Waals surface area contributed by atoms with Gasteiger partial charge in [0.25, 0.3) is 5.91 Å². The average molecular weight is 335 g/mol. The van der Waals surface area contributed by atoms with Crippen LogP contribution in [0.25, 0.3) is 10.9 Å². The number of hydrogen-bond acceptors (Lipinski definition) is 4. The van der Waals surface area contributed by atoms with E-state index >= 15 is 0 Å². The zero-order valence-electron chi connectivity index (χ0n) is 14.3. The molecular formula is C20H21N3O2. The number of hydrogen-bond donors (Lipinski definition) is 0. The molecule has 5 heteroatoms. The SMILES string of the molecule is Cc1ncoc1C(=O)N1CCC[C@H](Cc2cnc3ccccc3c2)C1. The Bertz CT molecular complexity index is 903. The summed E-state index contributed by atoms with van der Waals surface area (Å²) in [7, 11) is 0. The summed E-state index contributed by atoms with van der Waals surface area (Å²) in [4.78, 5) is 23.1. The van der Waals surface area contributed by atoms with Crippen molar-refractivity contribution in [2.45, 2.75) is 26.2 Å². The van der Waals surface area contributed by atoms with E-state index in [1.54, 1.807) is 6.92 Å². The molecule has 3 heterocycles. The molecule has 1 aliphatic rings. The van der Waals surface area contributed by atoms with Crippen molar-refractivity contribution in [3.8, 4) is 0 Å². The van der Waals surface area contributed by atoms with E-state index in [1.165, 1.54) is 17.3 Å². The Morgan fingerprint density at radius 2 is 2.20 bits per heavy atom. The van der Waals surface area contributed by atoms with Gasteiger partial charge in [-0.15, -0.1) is 0 Å². The standard InChI is InChI=1S/C20H21N3O2/c1-14-19(25-13-22-14)20(24)23-8-4-5-15(12-23)9-16-10-17-6-2-3-7-18(17)21-11-16/h2-3,6-7,10-11,13,15H,4-5,8-9,12H2,1H3/t15-/m1/s1. The summed E-state index contributed by atoms with van der Waals surface area (Å²) in [5.41, 5.74) is 2.91. The number of para-hydroxylation sites is 1. The van der Waals surface area contributed by atoms with Gasteiger partial charge in [-0.05, 0) is 49.8 Å². The summed E-state index contributed by atoms with van der Waals surface area (Å²) in [5, 5.41) is 1.17. The fraction of sp³-hybridized carbons (Fsp3) is 0.350. The van der Waals surface area contributed by atoms with E-state index in [0.29, 0.717) is 17.4 Å². The number of pyridine rings is 1. The minimum Gasteiger partial charge on any atom is -0.438 e. The highest BCUT2D eigenvalue weighted by atomic mass is 16.3. The lowest BCUT2D eigenvalue weighted by Gasteiger charge is -2.32. The van der Waals surface area contributed by atoms with Gasteiger partial charge in [0.05, 0.1) is 11.2 Å². The van der Waals surface area contributed by atoms with E-state index in [0.717, 1.165) is 37.9 Å². The molecule has 0 aliphatic carbocycles. The Hall–Kier alpha value is -2.69. The van der Waals surface area contributed by atoms with Gasteiger partial charge in [0.1, 0.15) is 0 Å². The van der Waals surface area contributed by atoms with Crippen LogP contribution >= 0.6 is 0 Å². The maximum atomic E-state index is 12.6. The highest BCUT2D eigenvalue weighted by Gasteiger charge is 2.27. The number of fused-ring (bicyclic) bond motifs is 1. The van der Waals surface area contributed by atoms with Crippen molar-refractivity contribution in [2.75, 3.05) is 13.1 Å². The first-order chi connectivity index (χ1) is 12.2. The van der Waals surface area contributed by atoms with Crippen molar-refractivity contribution in [1.29, 1.82) is 0 Å². The molecule has 1 aliphatic heterocycles. The summed E-state index contributed by atoms with van der Waals surface area (Å²) in [5.74, 6) is 0.772. The predicted molar refractivity (Wildman–Crippen MR) is 95.3 cm³/mol. The van der Waals surface area contributed by atoms with Gasteiger partial charge in [-0.25, -0.2) is 4.98 Å². The molecule has 1 saturated heterocycles. The highest BCUT2D eigenvalue weighted by Crippen LogP contribution is 2.24. The topological polar surface area (TPSA) is 59.2 Å². The van der Waals surface area contributed by atoms with Crippen molar-refractivity contribution < 1.29 is 9.21 Å². The van der Waals surface area contributed by atoms with Gasteiger partial charge in [0.2, 0.25) is 5.76 Å². The van der Waals surface area contributed by atoms with Crippen LogP contribution in [0.3, 0.4) is 0 Å². The molecule has 0 bridgehead atoms. The summed E-state index contributed by atoms with van der Waals surface area (Å²) >= 11 is 0. The van der Waals surface area contributed by atoms with Gasteiger partial charge in [0.15, 0.2) is 6.39 Å². The molecule has 1 atom stereocenters. The number of likely N-dealkylation sites (tertiary alicyclic amines) is 1. The quantitative estimate of drug-likeness (QED) is 0.733. The Morgan fingerprint density at radius 3 is 3.04 bits per heavy atom. The first kappa shape index (κ1) is 15.8. The molecule has 128 valence electrons. The summed E-state index contributed by atoms with van der Waals surface area (Å²) in [6, 6.07) is 10.4. The van der Waals surface area contributed by atoms with E-state index in [4.69, 9.17) is 4.42 Å². The Balaban J connectivity index is 1.47. The van der Waals surface area contributed by atoms with Crippen LogP contribution in [0, 0.1) is 12.8 Å². The summed E-state index contributed by atoms with van der Waals surface area (Å²) < 4.78 is 5.27. The molecule has 25 heavy (non-hydrogen) atoms. The molecule has 5 nitrogen and oxygen atoms in total. The first-order valence-electron chi connectivity index (χ1n) is 8.74. The average Bonchev–Trinajstić information content (AvgIpc) is 3.07. The fourth-order valence-electron chi connectivity index (χ4n) is 3.63. The molecule has 3 aromatic rings. The number of piperidine rings is 1. The van der Waals surface area contributed by atoms with Crippen molar-refractivity contribution in [2.24, 2.45) is 5.92 Å². The van der Waals surface area contributed by atoms with E-state index in [-0.39, 0.29) is 5.91 Å². The minimum atomic E-state index is -0.0451. The number of carbonyl (C=O) groups excluding carboxylic acids is 1. The lowest BCUT2D eigenvalue weighted by molar-refractivity contribution is 0.0640. The minimum absolute atomic E-state index is 0.0451. The lowest BCUT2D eigenvalue weighted by Crippen LogP contribution is -2.40. The molecule has 1 fully saturated rings. The zero-order chi connectivity index (χ0) is 17.2. The van der Waals surface area contributed by atoms with Gasteiger partial charge in [0, 0.05) is 24.7 Å². The largest absolute Gasteiger partial charge is 0.438 e. The second kappa shape index (κ2) is 6.67. The molecule has 4 rings (SSSR count). The van der Waals surface area contributed by atoms with Crippen LogP contribution in [0.15, 0.2) is 47.3 Å². The van der Waals surface area contributed by atoms with Crippen LogP contribution in [0.2, 0.25) is 0 Å². The number of oxazole rings is 1. The molecule has 0 spiro atoms. The number of amides is 1. The van der Waals surface area contributed by atoms with E-state index in [2.05, 4.69) is 22.1 Å². The fourth-order valence-corrected chi connectivity index (χ4v) is 3.63. The maximum Gasteiger partial charge on any atom is 0.291 e. The van der Waals surface area contributed by atoms with Crippen LogP contribution in [-0.2, 0) is 6.42 Å². The smallest absolute Gasteiger partial charge is 0.291 e. The normalized spacial score (nSPS) is 17.8. The molecule has 0 saturated carbocycles. The van der Waals surface area contributed by atoms with Crippen molar-refractivity contribution >= 4 is 16.8 Å². The summed E-state index contributed by atoms with van der Waals surface area (Å²) in [6.45, 7) is 3.34. The third kappa shape index (κ3) is 3.27. The third-order valence-corrected chi connectivity index (χ3v) is 4.92. The number of benzene rings is 1. The molecule has 0 N–H and O–H groups in total. The van der Waals surface area contributed by atoms with E-state index < -0.39 is 0 Å². The van der Waals surface area contributed by atoms with Gasteiger partial charge < -0.3 is 9.32 Å². The van der Waals surface area contributed by atoms with Gasteiger partial charge >= 0.3 is 0 Å². The number of rotatable bonds is 3. The highest BCUT2D eigenvalue weighted by molar-refractivity contribution is 5.92. The van der Waals surface area contributed by atoms with E-state index in [1.807, 2.05) is 29.3 Å². The van der Waals surface area contributed by atoms with Crippen LogP contribution in [0.4, 0.5) is 0 Å². The van der Waals surface area contributed by atoms with Crippen LogP contribution in [0.5, 0.6) is 0 Å². The molecule has 0 unspecified atom stereocenters. The van der Waals surface area contributed by atoms with Gasteiger partial charge in [-0.3, -0.25) is 9.78 Å². The van der Waals surface area contributed by atoms with Crippen molar-refractivity contribution in [1.82, 2.24) is 14.9 Å². The maximum absolute atomic E-state index is 12.6. The molecule has 1 amide bonds. The van der Waals surface area contributed by atoms with Gasteiger partial charge in [-0.1, -0.05) is 18.2 Å². The second-order valence-corrected chi connectivity index (χ2v) is 6.77. The molecule has 1 aromatic carbocycles.